The van der Waals surface area contributed by atoms with E-state index in [-0.39, 0.29) is 18.2 Å². The molecular formula is C14H17F4NO2. The van der Waals surface area contributed by atoms with Crippen LogP contribution >= 0.6 is 0 Å². The second-order valence-electron chi connectivity index (χ2n) is 4.89. The van der Waals surface area contributed by atoms with Gasteiger partial charge in [-0.15, -0.1) is 0 Å². The van der Waals surface area contributed by atoms with E-state index in [9.17, 15) is 22.4 Å². The fraction of sp³-hybridized carbons (Fsp3) is 0.500. The largest absolute Gasteiger partial charge is 0.416 e. The van der Waals surface area contributed by atoms with E-state index in [1.807, 2.05) is 0 Å². The Morgan fingerprint density at radius 2 is 1.86 bits per heavy atom. The zero-order valence-electron chi connectivity index (χ0n) is 11.9. The molecular weight excluding hydrogens is 290 g/mol. The van der Waals surface area contributed by atoms with Gasteiger partial charge in [-0.05, 0) is 44.5 Å². The number of ether oxygens (including phenoxy) is 1. The Balaban J connectivity index is 2.72. The summed E-state index contributed by atoms with van der Waals surface area (Å²) >= 11 is 0. The van der Waals surface area contributed by atoms with Crippen molar-refractivity contribution in [2.75, 3.05) is 0 Å². The lowest BCUT2D eigenvalue weighted by Gasteiger charge is -2.16. The van der Waals surface area contributed by atoms with Crippen LogP contribution in [0.5, 0.6) is 0 Å². The minimum absolute atomic E-state index is 0.0346. The van der Waals surface area contributed by atoms with Crippen LogP contribution in [0.2, 0.25) is 0 Å². The molecule has 0 radical (unpaired) electrons. The van der Waals surface area contributed by atoms with Gasteiger partial charge in [0, 0.05) is 6.54 Å². The SMILES string of the molecule is CC(C)O[C@@H](C)C(=O)NCc1cc(F)cc(C(F)(F)F)c1. The fourth-order valence-electron chi connectivity index (χ4n) is 1.72. The quantitative estimate of drug-likeness (QED) is 0.848. The van der Waals surface area contributed by atoms with Gasteiger partial charge in [-0.2, -0.15) is 13.2 Å². The van der Waals surface area contributed by atoms with E-state index in [0.717, 1.165) is 12.1 Å². The van der Waals surface area contributed by atoms with E-state index in [2.05, 4.69) is 5.32 Å². The number of benzene rings is 1. The summed E-state index contributed by atoms with van der Waals surface area (Å²) in [5, 5.41) is 2.41. The lowest BCUT2D eigenvalue weighted by Crippen LogP contribution is -2.35. The number of halogens is 4. The Morgan fingerprint density at radius 3 is 2.38 bits per heavy atom. The number of alkyl halides is 3. The molecule has 0 bridgehead atoms. The Hall–Kier alpha value is -1.63. The summed E-state index contributed by atoms with van der Waals surface area (Å²) in [5.41, 5.74) is -1.05. The average molecular weight is 307 g/mol. The Labute approximate surface area is 120 Å². The van der Waals surface area contributed by atoms with Crippen LogP contribution in [0.3, 0.4) is 0 Å². The molecule has 0 aromatic heterocycles. The molecule has 7 heteroatoms. The molecule has 0 aliphatic carbocycles. The maximum Gasteiger partial charge on any atom is 0.416 e. The molecule has 1 amide bonds. The topological polar surface area (TPSA) is 38.3 Å². The monoisotopic (exact) mass is 307 g/mol. The van der Waals surface area contributed by atoms with E-state index in [0.29, 0.717) is 6.07 Å². The average Bonchev–Trinajstić information content (AvgIpc) is 2.33. The Bertz CT molecular complexity index is 500. The molecule has 0 aliphatic heterocycles. The van der Waals surface area contributed by atoms with Gasteiger partial charge in [-0.3, -0.25) is 4.79 Å². The minimum Gasteiger partial charge on any atom is -0.366 e. The van der Waals surface area contributed by atoms with Crippen LogP contribution in [-0.2, 0) is 22.3 Å². The minimum atomic E-state index is -4.63. The van der Waals surface area contributed by atoms with Crippen LogP contribution in [0, 0.1) is 5.82 Å². The highest BCUT2D eigenvalue weighted by molar-refractivity contribution is 5.80. The lowest BCUT2D eigenvalue weighted by atomic mass is 10.1. The molecule has 0 aliphatic rings. The van der Waals surface area contributed by atoms with Crippen LogP contribution in [0.1, 0.15) is 31.9 Å². The van der Waals surface area contributed by atoms with Gasteiger partial charge >= 0.3 is 6.18 Å². The molecule has 0 heterocycles. The number of hydrogen-bond donors (Lipinski definition) is 1. The van der Waals surface area contributed by atoms with Gasteiger partial charge in [0.05, 0.1) is 11.7 Å². The Morgan fingerprint density at radius 1 is 1.24 bits per heavy atom. The lowest BCUT2D eigenvalue weighted by molar-refractivity contribution is -0.137. The van der Waals surface area contributed by atoms with Gasteiger partial charge in [0.15, 0.2) is 0 Å². The van der Waals surface area contributed by atoms with Gasteiger partial charge < -0.3 is 10.1 Å². The summed E-state index contributed by atoms with van der Waals surface area (Å²) in [7, 11) is 0. The van der Waals surface area contributed by atoms with Crippen molar-refractivity contribution in [2.45, 2.75) is 45.7 Å². The van der Waals surface area contributed by atoms with E-state index in [4.69, 9.17) is 4.74 Å². The highest BCUT2D eigenvalue weighted by Gasteiger charge is 2.31. The zero-order valence-corrected chi connectivity index (χ0v) is 11.9. The standard InChI is InChI=1S/C14H17F4NO2/c1-8(2)21-9(3)13(20)19-7-10-4-11(14(16,17)18)6-12(15)5-10/h4-6,8-9H,7H2,1-3H3,(H,19,20)/t9-/m0/s1. The van der Waals surface area contributed by atoms with Gasteiger partial charge in [0.25, 0.3) is 0 Å². The number of hydrogen-bond acceptors (Lipinski definition) is 2. The van der Waals surface area contributed by atoms with Crippen molar-refractivity contribution in [3.8, 4) is 0 Å². The van der Waals surface area contributed by atoms with Gasteiger partial charge in [-0.1, -0.05) is 0 Å². The fourth-order valence-corrected chi connectivity index (χ4v) is 1.72. The first-order valence-electron chi connectivity index (χ1n) is 6.39. The predicted octanol–water partition coefficient (Wildman–Crippen LogP) is 3.27. The first-order valence-corrected chi connectivity index (χ1v) is 6.39. The second kappa shape index (κ2) is 6.89. The number of carbonyl (C=O) groups is 1. The smallest absolute Gasteiger partial charge is 0.366 e. The van der Waals surface area contributed by atoms with Crippen molar-refractivity contribution >= 4 is 5.91 Å². The summed E-state index contributed by atoms with van der Waals surface area (Å²) in [6.07, 6.45) is -5.52. The third kappa shape index (κ3) is 5.71. The van der Waals surface area contributed by atoms with Crippen molar-refractivity contribution in [3.05, 3.63) is 35.1 Å². The molecule has 1 aromatic rings. The molecule has 21 heavy (non-hydrogen) atoms. The molecule has 1 N–H and O–H groups in total. The molecule has 1 rings (SSSR count). The summed E-state index contributed by atoms with van der Waals surface area (Å²) in [6.45, 7) is 4.84. The van der Waals surface area contributed by atoms with Crippen LogP contribution in [-0.4, -0.2) is 18.1 Å². The molecule has 1 atom stereocenters. The van der Waals surface area contributed by atoms with Gasteiger partial charge in [-0.25, -0.2) is 4.39 Å². The highest BCUT2D eigenvalue weighted by Crippen LogP contribution is 2.30. The molecule has 0 fully saturated rings. The molecule has 0 saturated carbocycles. The summed E-state index contributed by atoms with van der Waals surface area (Å²) < 4.78 is 56.0. The third-order valence-electron chi connectivity index (χ3n) is 2.60. The highest BCUT2D eigenvalue weighted by atomic mass is 19.4. The number of carbonyl (C=O) groups excluding carboxylic acids is 1. The van der Waals surface area contributed by atoms with Crippen LogP contribution < -0.4 is 5.32 Å². The first kappa shape index (κ1) is 17.4. The normalized spacial score (nSPS) is 13.3. The first-order chi connectivity index (χ1) is 9.59. The third-order valence-corrected chi connectivity index (χ3v) is 2.60. The molecule has 1 aromatic carbocycles. The number of rotatable bonds is 5. The van der Waals surface area contributed by atoms with E-state index in [1.165, 1.54) is 6.92 Å². The van der Waals surface area contributed by atoms with E-state index in [1.54, 1.807) is 13.8 Å². The van der Waals surface area contributed by atoms with Crippen molar-refractivity contribution in [2.24, 2.45) is 0 Å². The molecule has 0 spiro atoms. The molecule has 3 nitrogen and oxygen atoms in total. The van der Waals surface area contributed by atoms with E-state index < -0.39 is 29.6 Å². The summed E-state index contributed by atoms with van der Waals surface area (Å²) in [5.74, 6) is -1.47. The van der Waals surface area contributed by atoms with Crippen LogP contribution in [0.15, 0.2) is 18.2 Å². The number of amides is 1. The maximum absolute atomic E-state index is 13.2. The van der Waals surface area contributed by atoms with Crippen molar-refractivity contribution < 1.29 is 27.1 Å². The van der Waals surface area contributed by atoms with Crippen LogP contribution in [0.4, 0.5) is 17.6 Å². The van der Waals surface area contributed by atoms with Crippen molar-refractivity contribution in [1.82, 2.24) is 5.32 Å². The van der Waals surface area contributed by atoms with Gasteiger partial charge in [0.2, 0.25) is 5.91 Å². The van der Waals surface area contributed by atoms with Gasteiger partial charge in [0.1, 0.15) is 11.9 Å². The van der Waals surface area contributed by atoms with Crippen LogP contribution in [0.25, 0.3) is 0 Å². The maximum atomic E-state index is 13.2. The molecule has 118 valence electrons. The number of nitrogens with one attached hydrogen (secondary N) is 1. The predicted molar refractivity (Wildman–Crippen MR) is 68.9 cm³/mol. The van der Waals surface area contributed by atoms with Crippen molar-refractivity contribution in [3.63, 3.8) is 0 Å². The van der Waals surface area contributed by atoms with Crippen molar-refractivity contribution in [1.29, 1.82) is 0 Å². The summed E-state index contributed by atoms with van der Waals surface area (Å²) in [4.78, 5) is 11.7. The van der Waals surface area contributed by atoms with E-state index >= 15 is 0 Å². The zero-order chi connectivity index (χ0) is 16.2. The molecule has 0 unspecified atom stereocenters. The second-order valence-corrected chi connectivity index (χ2v) is 4.89. The summed E-state index contributed by atoms with van der Waals surface area (Å²) in [6, 6.07) is 2.16. The molecule has 0 saturated heterocycles. The Kier molecular flexibility index (Phi) is 5.71.